The van der Waals surface area contributed by atoms with Crippen LogP contribution < -0.4 is 11.1 Å². The number of carboxylic acid groups (broad SMARTS) is 2. The van der Waals surface area contributed by atoms with Crippen LogP contribution >= 0.6 is 0 Å². The number of nitrogens with one attached hydrogen (secondary N) is 1. The number of hydrogen-bond acceptors (Lipinski definition) is 4. The summed E-state index contributed by atoms with van der Waals surface area (Å²) in [7, 11) is 0. The predicted molar refractivity (Wildman–Crippen MR) is 79.2 cm³/mol. The van der Waals surface area contributed by atoms with E-state index in [1.807, 2.05) is 0 Å². The fourth-order valence-corrected chi connectivity index (χ4v) is 3.81. The maximum Gasteiger partial charge on any atom is 0.330 e. The van der Waals surface area contributed by atoms with Crippen molar-refractivity contribution in [3.8, 4) is 0 Å². The smallest absolute Gasteiger partial charge is 0.330 e. The maximum absolute atomic E-state index is 12.6. The topological polar surface area (TPSA) is 130 Å². The summed E-state index contributed by atoms with van der Waals surface area (Å²) in [5.74, 6) is -3.81. The van der Waals surface area contributed by atoms with Crippen LogP contribution in [0.4, 0.5) is 0 Å². The lowest BCUT2D eigenvalue weighted by Gasteiger charge is -2.28. The van der Waals surface area contributed by atoms with Crippen LogP contribution in [-0.2, 0) is 14.4 Å². The van der Waals surface area contributed by atoms with Crippen LogP contribution in [-0.4, -0.2) is 33.6 Å². The van der Waals surface area contributed by atoms with E-state index in [0.717, 1.165) is 0 Å². The van der Waals surface area contributed by atoms with Gasteiger partial charge in [0.2, 0.25) is 5.91 Å². The van der Waals surface area contributed by atoms with Crippen LogP contribution in [0.25, 0.3) is 0 Å². The second-order valence-electron chi connectivity index (χ2n) is 6.29. The Morgan fingerprint density at radius 3 is 2.39 bits per heavy atom. The molecule has 0 saturated heterocycles. The minimum Gasteiger partial charge on any atom is -0.481 e. The van der Waals surface area contributed by atoms with E-state index in [1.54, 1.807) is 30.3 Å². The first-order valence-corrected chi connectivity index (χ1v) is 7.46. The second kappa shape index (κ2) is 5.34. The summed E-state index contributed by atoms with van der Waals surface area (Å²) < 4.78 is 0. The van der Waals surface area contributed by atoms with Crippen molar-refractivity contribution in [3.05, 3.63) is 35.9 Å². The number of benzene rings is 1. The number of carbonyl (C=O) groups is 3. The van der Waals surface area contributed by atoms with E-state index in [2.05, 4.69) is 5.32 Å². The summed E-state index contributed by atoms with van der Waals surface area (Å²) in [6.07, 6.45) is 0.952. The van der Waals surface area contributed by atoms with E-state index < -0.39 is 41.3 Å². The zero-order valence-electron chi connectivity index (χ0n) is 12.3. The van der Waals surface area contributed by atoms with Gasteiger partial charge in [0.15, 0.2) is 6.04 Å². The Morgan fingerprint density at radius 2 is 1.87 bits per heavy atom. The van der Waals surface area contributed by atoms with Gasteiger partial charge in [0.1, 0.15) is 0 Å². The molecule has 5 atom stereocenters. The van der Waals surface area contributed by atoms with Crippen molar-refractivity contribution in [2.24, 2.45) is 23.5 Å². The lowest BCUT2D eigenvalue weighted by atomic mass is 9.89. The molecule has 2 aliphatic rings. The van der Waals surface area contributed by atoms with E-state index in [1.165, 1.54) is 0 Å². The zero-order valence-corrected chi connectivity index (χ0v) is 12.3. The van der Waals surface area contributed by atoms with E-state index in [4.69, 9.17) is 10.8 Å². The van der Waals surface area contributed by atoms with E-state index in [-0.39, 0.29) is 5.92 Å². The van der Waals surface area contributed by atoms with Gasteiger partial charge in [-0.2, -0.15) is 0 Å². The molecule has 0 aromatic heterocycles. The average molecular weight is 318 g/mol. The average Bonchev–Trinajstić information content (AvgIpc) is 3.17. The molecule has 0 spiro atoms. The number of aliphatic carboxylic acids is 2. The van der Waals surface area contributed by atoms with Crippen LogP contribution in [0, 0.1) is 17.8 Å². The van der Waals surface area contributed by atoms with Crippen LogP contribution in [0.15, 0.2) is 30.3 Å². The molecule has 2 aliphatic carbocycles. The molecule has 2 saturated carbocycles. The molecule has 0 radical (unpaired) electrons. The van der Waals surface area contributed by atoms with Gasteiger partial charge < -0.3 is 21.3 Å². The molecule has 0 heterocycles. The number of carboxylic acids is 2. The van der Waals surface area contributed by atoms with Crippen LogP contribution in [0.3, 0.4) is 0 Å². The fraction of sp³-hybridized carbons (Fsp3) is 0.438. The van der Waals surface area contributed by atoms with Crippen molar-refractivity contribution >= 4 is 17.8 Å². The number of carbonyl (C=O) groups excluding carboxylic acids is 1. The van der Waals surface area contributed by atoms with E-state index in [9.17, 15) is 19.5 Å². The minimum absolute atomic E-state index is 0.0803. The first-order valence-electron chi connectivity index (χ1n) is 7.46. The summed E-state index contributed by atoms with van der Waals surface area (Å²) in [4.78, 5) is 35.2. The predicted octanol–water partition coefficient (Wildman–Crippen LogP) is 0.367. The first-order chi connectivity index (χ1) is 10.9. The standard InChI is InChI=1S/C16H18N2O5/c17-16(7-6-9-10(11(9)16)13(19)20)15(23)18-12(14(21)22)8-4-2-1-3-5-8/h1-5,9-12H,6-7,17H2,(H,18,23)(H,19,20)(H,21,22)/t9-,10-,11-,12-,16-/m0/s1. The monoisotopic (exact) mass is 318 g/mol. The Balaban J connectivity index is 1.78. The van der Waals surface area contributed by atoms with Crippen molar-refractivity contribution in [2.45, 2.75) is 24.4 Å². The van der Waals surface area contributed by atoms with Crippen LogP contribution in [0.1, 0.15) is 24.4 Å². The van der Waals surface area contributed by atoms with E-state index in [0.29, 0.717) is 18.4 Å². The highest BCUT2D eigenvalue weighted by atomic mass is 16.4. The summed E-state index contributed by atoms with van der Waals surface area (Å²) in [5.41, 5.74) is 5.31. The normalized spacial score (nSPS) is 32.7. The van der Waals surface area contributed by atoms with Gasteiger partial charge in [0, 0.05) is 5.92 Å². The lowest BCUT2D eigenvalue weighted by Crippen LogP contribution is -2.56. The molecule has 1 aromatic carbocycles. The highest BCUT2D eigenvalue weighted by molar-refractivity contribution is 5.93. The van der Waals surface area contributed by atoms with Gasteiger partial charge in [0.05, 0.1) is 11.5 Å². The Bertz CT molecular complexity index is 662. The Hall–Kier alpha value is -2.41. The number of nitrogens with two attached hydrogens (primary N) is 1. The van der Waals surface area contributed by atoms with Crippen LogP contribution in [0.2, 0.25) is 0 Å². The van der Waals surface area contributed by atoms with Gasteiger partial charge >= 0.3 is 11.9 Å². The van der Waals surface area contributed by atoms with Crippen molar-refractivity contribution < 1.29 is 24.6 Å². The Morgan fingerprint density at radius 1 is 1.22 bits per heavy atom. The van der Waals surface area contributed by atoms with Gasteiger partial charge in [-0.25, -0.2) is 4.79 Å². The highest BCUT2D eigenvalue weighted by Crippen LogP contribution is 2.61. The van der Waals surface area contributed by atoms with Crippen molar-refractivity contribution in [2.75, 3.05) is 0 Å². The molecule has 1 aromatic rings. The summed E-state index contributed by atoms with van der Waals surface area (Å²) >= 11 is 0. The van der Waals surface area contributed by atoms with Gasteiger partial charge in [-0.3, -0.25) is 9.59 Å². The molecule has 23 heavy (non-hydrogen) atoms. The largest absolute Gasteiger partial charge is 0.481 e. The summed E-state index contributed by atoms with van der Waals surface area (Å²) in [6, 6.07) is 7.13. The maximum atomic E-state index is 12.6. The molecule has 3 rings (SSSR count). The quantitative estimate of drug-likeness (QED) is 0.620. The van der Waals surface area contributed by atoms with Crippen molar-refractivity contribution in [1.29, 1.82) is 0 Å². The molecule has 2 fully saturated rings. The molecule has 0 aliphatic heterocycles. The van der Waals surface area contributed by atoms with Crippen molar-refractivity contribution in [3.63, 3.8) is 0 Å². The number of amides is 1. The molecule has 0 unspecified atom stereocenters. The SMILES string of the molecule is N[C@@]1(C(=O)N[C@H](C(=O)O)c2ccccc2)CC[C@H]2[C@H](C(=O)O)[C@H]21. The number of fused-ring (bicyclic) bond motifs is 1. The third-order valence-electron chi connectivity index (χ3n) is 5.02. The third kappa shape index (κ3) is 2.46. The van der Waals surface area contributed by atoms with Gasteiger partial charge in [-0.05, 0) is 24.3 Å². The lowest BCUT2D eigenvalue weighted by molar-refractivity contribution is -0.144. The van der Waals surface area contributed by atoms with Crippen molar-refractivity contribution in [1.82, 2.24) is 5.32 Å². The fourth-order valence-electron chi connectivity index (χ4n) is 3.81. The van der Waals surface area contributed by atoms with Crippen LogP contribution in [0.5, 0.6) is 0 Å². The Kier molecular flexibility index (Phi) is 3.60. The molecule has 7 nitrogen and oxygen atoms in total. The minimum atomic E-state index is -1.31. The zero-order chi connectivity index (χ0) is 16.8. The highest BCUT2D eigenvalue weighted by Gasteiger charge is 2.69. The molecular weight excluding hydrogens is 300 g/mol. The van der Waals surface area contributed by atoms with Gasteiger partial charge in [-0.1, -0.05) is 30.3 Å². The summed E-state index contributed by atoms with van der Waals surface area (Å²) in [6.45, 7) is 0. The summed E-state index contributed by atoms with van der Waals surface area (Å²) in [5, 5.41) is 21.0. The molecule has 7 heteroatoms. The first kappa shape index (κ1) is 15.5. The van der Waals surface area contributed by atoms with E-state index >= 15 is 0 Å². The van der Waals surface area contributed by atoms with Gasteiger partial charge in [0.25, 0.3) is 0 Å². The molecule has 5 N–H and O–H groups in total. The molecule has 1 amide bonds. The number of rotatable bonds is 5. The Labute approximate surface area is 132 Å². The molecule has 122 valence electrons. The third-order valence-corrected chi connectivity index (χ3v) is 5.02. The second-order valence-corrected chi connectivity index (χ2v) is 6.29. The molecule has 0 bridgehead atoms. The number of hydrogen-bond donors (Lipinski definition) is 4. The molecular formula is C16H18N2O5. The van der Waals surface area contributed by atoms with Gasteiger partial charge in [-0.15, -0.1) is 0 Å².